The van der Waals surface area contributed by atoms with Gasteiger partial charge in [-0.2, -0.15) is 0 Å². The molecule has 0 aromatic heterocycles. The van der Waals surface area contributed by atoms with Crippen molar-refractivity contribution in [3.8, 4) is 0 Å². The Morgan fingerprint density at radius 2 is 2.37 bits per heavy atom. The first-order valence-electron chi connectivity index (χ1n) is 6.53. The fraction of sp³-hybridized carbons (Fsp3) is 0.500. The first-order chi connectivity index (χ1) is 9.13. The molecule has 0 saturated carbocycles. The van der Waals surface area contributed by atoms with E-state index in [0.717, 1.165) is 12.3 Å². The van der Waals surface area contributed by atoms with Crippen molar-refractivity contribution in [3.05, 3.63) is 29.8 Å². The van der Waals surface area contributed by atoms with Gasteiger partial charge in [0.05, 0.1) is 6.54 Å². The van der Waals surface area contributed by atoms with Gasteiger partial charge in [0.2, 0.25) is 0 Å². The molecule has 1 fully saturated rings. The lowest BCUT2D eigenvalue weighted by Gasteiger charge is -2.10. The number of thioether (sulfide) groups is 1. The summed E-state index contributed by atoms with van der Waals surface area (Å²) in [6.07, 6.45) is -0.324. The number of benzene rings is 1. The maximum Gasteiger partial charge on any atom is 0.407 e. The highest BCUT2D eigenvalue weighted by molar-refractivity contribution is 7.99. The summed E-state index contributed by atoms with van der Waals surface area (Å²) in [7, 11) is 0. The smallest absolute Gasteiger partial charge is 0.407 e. The van der Waals surface area contributed by atoms with Crippen LogP contribution in [0.1, 0.15) is 19.4 Å². The van der Waals surface area contributed by atoms with Crippen LogP contribution in [-0.2, 0) is 11.3 Å². The summed E-state index contributed by atoms with van der Waals surface area (Å²) in [5.74, 6) is 0.791. The maximum absolute atomic E-state index is 10.9. The van der Waals surface area contributed by atoms with Crippen molar-refractivity contribution >= 4 is 17.9 Å². The van der Waals surface area contributed by atoms with Gasteiger partial charge >= 0.3 is 6.09 Å². The van der Waals surface area contributed by atoms with E-state index in [1.807, 2.05) is 0 Å². The van der Waals surface area contributed by atoms with E-state index in [4.69, 9.17) is 4.74 Å². The molecule has 1 amide bonds. The Morgan fingerprint density at radius 3 is 3.05 bits per heavy atom. The number of alkyl carbamates (subject to hydrolysis) is 1. The maximum atomic E-state index is 10.9. The summed E-state index contributed by atoms with van der Waals surface area (Å²) in [5, 5.41) is 6.07. The summed E-state index contributed by atoms with van der Waals surface area (Å²) < 4.78 is 5.11. The third-order valence-corrected chi connectivity index (χ3v) is 3.92. The molecule has 19 heavy (non-hydrogen) atoms. The average Bonchev–Trinajstić information content (AvgIpc) is 2.80. The van der Waals surface area contributed by atoms with Gasteiger partial charge in [-0.15, -0.1) is 11.8 Å². The molecule has 2 N–H and O–H groups in total. The molecule has 1 unspecified atom stereocenters. The van der Waals surface area contributed by atoms with Gasteiger partial charge in [0.15, 0.2) is 0 Å². The van der Waals surface area contributed by atoms with E-state index in [1.165, 1.54) is 10.5 Å². The lowest BCUT2D eigenvalue weighted by atomic mass is 10.2. The zero-order chi connectivity index (χ0) is 13.7. The van der Waals surface area contributed by atoms with Crippen molar-refractivity contribution in [2.75, 3.05) is 12.3 Å². The Kier molecular flexibility index (Phi) is 5.10. The Balaban J connectivity index is 1.83. The topological polar surface area (TPSA) is 50.4 Å². The van der Waals surface area contributed by atoms with E-state index in [2.05, 4.69) is 48.7 Å². The van der Waals surface area contributed by atoms with Crippen LogP contribution < -0.4 is 10.6 Å². The summed E-state index contributed by atoms with van der Waals surface area (Å²) in [5.41, 5.74) is 1.28. The van der Waals surface area contributed by atoms with E-state index in [0.29, 0.717) is 12.6 Å². The van der Waals surface area contributed by atoms with Gasteiger partial charge < -0.3 is 15.4 Å². The van der Waals surface area contributed by atoms with E-state index >= 15 is 0 Å². The predicted octanol–water partition coefficient (Wildman–Crippen LogP) is 2.39. The van der Waals surface area contributed by atoms with Gasteiger partial charge in [0.25, 0.3) is 0 Å². The van der Waals surface area contributed by atoms with Crippen LogP contribution >= 0.6 is 11.8 Å². The summed E-state index contributed by atoms with van der Waals surface area (Å²) in [6, 6.07) is 8.95. The van der Waals surface area contributed by atoms with Crippen molar-refractivity contribution in [1.82, 2.24) is 10.6 Å². The molecule has 1 aromatic rings. The molecule has 0 spiro atoms. The highest BCUT2D eigenvalue weighted by atomic mass is 32.2. The zero-order valence-corrected chi connectivity index (χ0v) is 12.1. The van der Waals surface area contributed by atoms with Crippen molar-refractivity contribution in [2.45, 2.75) is 37.4 Å². The van der Waals surface area contributed by atoms with Gasteiger partial charge in [0, 0.05) is 23.2 Å². The number of rotatable bonds is 6. The van der Waals surface area contributed by atoms with E-state index < -0.39 is 0 Å². The number of carbonyl (C=O) groups is 1. The Morgan fingerprint density at radius 1 is 1.53 bits per heavy atom. The van der Waals surface area contributed by atoms with Gasteiger partial charge in [0.1, 0.15) is 6.10 Å². The van der Waals surface area contributed by atoms with Crippen molar-refractivity contribution in [3.63, 3.8) is 0 Å². The lowest BCUT2D eigenvalue weighted by Crippen LogP contribution is -2.21. The highest BCUT2D eigenvalue weighted by Crippen LogP contribution is 2.21. The number of nitrogens with one attached hydrogen (secondary N) is 2. The average molecular weight is 280 g/mol. The molecule has 4 nitrogen and oxygen atoms in total. The van der Waals surface area contributed by atoms with Crippen LogP contribution in [0.2, 0.25) is 0 Å². The van der Waals surface area contributed by atoms with Crippen molar-refractivity contribution in [1.29, 1.82) is 0 Å². The number of amides is 1. The monoisotopic (exact) mass is 280 g/mol. The van der Waals surface area contributed by atoms with E-state index in [-0.39, 0.29) is 12.2 Å². The second kappa shape index (κ2) is 6.82. The largest absolute Gasteiger partial charge is 0.443 e. The predicted molar refractivity (Wildman–Crippen MR) is 77.4 cm³/mol. The molecule has 2 rings (SSSR count). The van der Waals surface area contributed by atoms with Gasteiger partial charge in [-0.25, -0.2) is 4.79 Å². The van der Waals surface area contributed by atoms with Crippen LogP contribution in [0, 0.1) is 0 Å². The standard InChI is InChI=1S/C14H20N2O2S/c1-10(2)15-7-11-4-3-5-13(6-11)19-9-12-8-16-14(17)18-12/h3-6,10,12,15H,7-9H2,1-2H3,(H,16,17). The SMILES string of the molecule is CC(C)NCc1cccc(SCC2CNC(=O)O2)c1. The normalized spacial score (nSPS) is 18.5. The zero-order valence-electron chi connectivity index (χ0n) is 11.3. The first kappa shape index (κ1) is 14.2. The van der Waals surface area contributed by atoms with Gasteiger partial charge in [-0.05, 0) is 17.7 Å². The molecule has 1 atom stereocenters. The fourth-order valence-corrected chi connectivity index (χ4v) is 2.75. The molecule has 1 aliphatic heterocycles. The quantitative estimate of drug-likeness (QED) is 0.786. The number of ether oxygens (including phenoxy) is 1. The number of hydrogen-bond acceptors (Lipinski definition) is 4. The van der Waals surface area contributed by atoms with Crippen LogP contribution in [0.15, 0.2) is 29.2 Å². The number of carbonyl (C=O) groups excluding carboxylic acids is 1. The Hall–Kier alpha value is -1.20. The molecule has 104 valence electrons. The van der Waals surface area contributed by atoms with Crippen molar-refractivity contribution in [2.24, 2.45) is 0 Å². The molecule has 5 heteroatoms. The summed E-state index contributed by atoms with van der Waals surface area (Å²) >= 11 is 1.72. The molecule has 1 aromatic carbocycles. The molecule has 0 aliphatic carbocycles. The minimum atomic E-state index is -0.305. The molecular weight excluding hydrogens is 260 g/mol. The molecule has 1 heterocycles. The Bertz CT molecular complexity index is 437. The minimum absolute atomic E-state index is 0.0186. The minimum Gasteiger partial charge on any atom is -0.443 e. The van der Waals surface area contributed by atoms with Crippen LogP contribution in [0.4, 0.5) is 4.79 Å². The van der Waals surface area contributed by atoms with Crippen LogP contribution in [0.25, 0.3) is 0 Å². The van der Waals surface area contributed by atoms with Gasteiger partial charge in [-0.1, -0.05) is 26.0 Å². The van der Waals surface area contributed by atoms with Crippen molar-refractivity contribution < 1.29 is 9.53 Å². The third-order valence-electron chi connectivity index (χ3n) is 2.80. The Labute approximate surface area is 118 Å². The van der Waals surface area contributed by atoms with Gasteiger partial charge in [-0.3, -0.25) is 0 Å². The summed E-state index contributed by atoms with van der Waals surface area (Å²) in [4.78, 5) is 12.1. The second-order valence-electron chi connectivity index (χ2n) is 4.90. The molecule has 1 saturated heterocycles. The summed E-state index contributed by atoms with van der Waals surface area (Å²) in [6.45, 7) is 5.77. The second-order valence-corrected chi connectivity index (χ2v) is 6.00. The molecule has 0 bridgehead atoms. The van der Waals surface area contributed by atoms with Crippen LogP contribution in [0.5, 0.6) is 0 Å². The van der Waals surface area contributed by atoms with Crippen LogP contribution in [0.3, 0.4) is 0 Å². The number of hydrogen-bond donors (Lipinski definition) is 2. The fourth-order valence-electron chi connectivity index (χ4n) is 1.78. The number of cyclic esters (lactones) is 1. The van der Waals surface area contributed by atoms with Crippen LogP contribution in [-0.4, -0.2) is 30.5 Å². The molecule has 1 aliphatic rings. The third kappa shape index (κ3) is 4.76. The van der Waals surface area contributed by atoms with E-state index in [9.17, 15) is 4.79 Å². The highest BCUT2D eigenvalue weighted by Gasteiger charge is 2.22. The lowest BCUT2D eigenvalue weighted by molar-refractivity contribution is 0.150. The molecule has 0 radical (unpaired) electrons. The first-order valence-corrected chi connectivity index (χ1v) is 7.51. The van der Waals surface area contributed by atoms with E-state index in [1.54, 1.807) is 11.8 Å². The molecular formula is C14H20N2O2S.